The summed E-state index contributed by atoms with van der Waals surface area (Å²) in [4.78, 5) is 0. The van der Waals surface area contributed by atoms with Gasteiger partial charge in [0.2, 0.25) is 0 Å². The minimum absolute atomic E-state index is 1.22. The van der Waals surface area contributed by atoms with E-state index in [1.807, 2.05) is 0 Å². The summed E-state index contributed by atoms with van der Waals surface area (Å²) < 4.78 is 0. The third-order valence-corrected chi connectivity index (χ3v) is 5.33. The van der Waals surface area contributed by atoms with Crippen LogP contribution in [0.25, 0.3) is 44.5 Å². The van der Waals surface area contributed by atoms with Crippen LogP contribution in [0.4, 0.5) is 0 Å². The van der Waals surface area contributed by atoms with Gasteiger partial charge in [0.25, 0.3) is 0 Å². The SMILES string of the molecule is Cc1ccc(/C=C\c2cc3c4ccccc4ccc3c3ccccc23)cc1. The normalized spacial score (nSPS) is 11.7. The summed E-state index contributed by atoms with van der Waals surface area (Å²) in [5.74, 6) is 0. The first-order chi connectivity index (χ1) is 13.3. The van der Waals surface area contributed by atoms with Crippen molar-refractivity contribution in [3.05, 3.63) is 108 Å². The van der Waals surface area contributed by atoms with Gasteiger partial charge in [0, 0.05) is 0 Å². The molecule has 128 valence electrons. The third-order valence-electron chi connectivity index (χ3n) is 5.33. The molecule has 0 saturated heterocycles. The Morgan fingerprint density at radius 3 is 2.00 bits per heavy atom. The molecule has 5 aromatic rings. The van der Waals surface area contributed by atoms with E-state index in [9.17, 15) is 0 Å². The Kier molecular flexibility index (Phi) is 3.76. The van der Waals surface area contributed by atoms with E-state index < -0.39 is 0 Å². The molecule has 0 aliphatic heterocycles. The van der Waals surface area contributed by atoms with Crippen molar-refractivity contribution in [1.82, 2.24) is 0 Å². The smallest absolute Gasteiger partial charge is 0.00930 e. The fourth-order valence-corrected chi connectivity index (χ4v) is 3.89. The largest absolute Gasteiger partial charge is 0.0616 e. The van der Waals surface area contributed by atoms with E-state index in [2.05, 4.69) is 110 Å². The maximum absolute atomic E-state index is 2.34. The van der Waals surface area contributed by atoms with Gasteiger partial charge in [-0.3, -0.25) is 0 Å². The van der Waals surface area contributed by atoms with Crippen LogP contribution in [0.15, 0.2) is 91.0 Å². The summed E-state index contributed by atoms with van der Waals surface area (Å²) in [7, 11) is 0. The maximum Gasteiger partial charge on any atom is -0.00930 e. The van der Waals surface area contributed by atoms with Gasteiger partial charge in [-0.1, -0.05) is 103 Å². The summed E-state index contributed by atoms with van der Waals surface area (Å²) in [5.41, 5.74) is 3.77. The van der Waals surface area contributed by atoms with Crippen molar-refractivity contribution in [3.63, 3.8) is 0 Å². The van der Waals surface area contributed by atoms with Gasteiger partial charge in [0.05, 0.1) is 0 Å². The van der Waals surface area contributed by atoms with Gasteiger partial charge in [-0.05, 0) is 56.4 Å². The second kappa shape index (κ2) is 6.41. The molecule has 5 rings (SSSR count). The van der Waals surface area contributed by atoms with Crippen molar-refractivity contribution in [2.75, 3.05) is 0 Å². The monoisotopic (exact) mass is 344 g/mol. The Balaban J connectivity index is 1.79. The van der Waals surface area contributed by atoms with E-state index >= 15 is 0 Å². The van der Waals surface area contributed by atoms with Crippen molar-refractivity contribution in [1.29, 1.82) is 0 Å². The van der Waals surface area contributed by atoms with E-state index in [1.165, 1.54) is 49.0 Å². The van der Waals surface area contributed by atoms with E-state index in [4.69, 9.17) is 0 Å². The lowest BCUT2D eigenvalue weighted by atomic mass is 9.93. The number of fused-ring (bicyclic) bond motifs is 5. The van der Waals surface area contributed by atoms with Crippen LogP contribution in [-0.2, 0) is 0 Å². The van der Waals surface area contributed by atoms with Crippen LogP contribution in [0, 0.1) is 6.92 Å². The molecule has 0 amide bonds. The molecule has 5 aromatic carbocycles. The number of benzene rings is 5. The van der Waals surface area contributed by atoms with Crippen LogP contribution in [0.3, 0.4) is 0 Å². The van der Waals surface area contributed by atoms with Crippen molar-refractivity contribution in [2.45, 2.75) is 6.92 Å². The fourth-order valence-electron chi connectivity index (χ4n) is 3.89. The van der Waals surface area contributed by atoms with Gasteiger partial charge >= 0.3 is 0 Å². The number of rotatable bonds is 2. The first-order valence-electron chi connectivity index (χ1n) is 9.37. The molecule has 0 heteroatoms. The molecule has 0 radical (unpaired) electrons. The van der Waals surface area contributed by atoms with Crippen LogP contribution in [0.5, 0.6) is 0 Å². The second-order valence-electron chi connectivity index (χ2n) is 7.14. The molecule has 0 bridgehead atoms. The van der Waals surface area contributed by atoms with Crippen molar-refractivity contribution in [2.24, 2.45) is 0 Å². The van der Waals surface area contributed by atoms with E-state index in [-0.39, 0.29) is 0 Å². The molecule has 0 saturated carbocycles. The molecule has 0 atom stereocenters. The zero-order valence-electron chi connectivity index (χ0n) is 15.3. The Labute approximate surface area is 159 Å². The van der Waals surface area contributed by atoms with Crippen LogP contribution < -0.4 is 0 Å². The zero-order valence-corrected chi connectivity index (χ0v) is 15.3. The van der Waals surface area contributed by atoms with E-state index in [1.54, 1.807) is 0 Å². The highest BCUT2D eigenvalue weighted by molar-refractivity contribution is 6.19. The first-order valence-corrected chi connectivity index (χ1v) is 9.37. The average molecular weight is 344 g/mol. The molecule has 0 aromatic heterocycles. The first kappa shape index (κ1) is 15.8. The van der Waals surface area contributed by atoms with Gasteiger partial charge < -0.3 is 0 Å². The number of hydrogen-bond acceptors (Lipinski definition) is 0. The summed E-state index contributed by atoms with van der Waals surface area (Å²) in [6.45, 7) is 2.12. The predicted octanol–water partition coefficient (Wildman–Crippen LogP) is 7.63. The molecule has 0 fully saturated rings. The Morgan fingerprint density at radius 2 is 1.19 bits per heavy atom. The molecule has 27 heavy (non-hydrogen) atoms. The molecule has 0 aliphatic rings. The van der Waals surface area contributed by atoms with Crippen LogP contribution >= 0.6 is 0 Å². The minimum Gasteiger partial charge on any atom is -0.0616 e. The number of hydrogen-bond donors (Lipinski definition) is 0. The average Bonchev–Trinajstić information content (AvgIpc) is 2.73. The lowest BCUT2D eigenvalue weighted by Crippen LogP contribution is -1.84. The molecule has 0 nitrogen and oxygen atoms in total. The van der Waals surface area contributed by atoms with Crippen LogP contribution in [0.1, 0.15) is 16.7 Å². The fraction of sp³-hybridized carbons (Fsp3) is 0.0370. The van der Waals surface area contributed by atoms with Gasteiger partial charge in [-0.2, -0.15) is 0 Å². The van der Waals surface area contributed by atoms with E-state index in [0.29, 0.717) is 0 Å². The summed E-state index contributed by atoms with van der Waals surface area (Å²) >= 11 is 0. The summed E-state index contributed by atoms with van der Waals surface area (Å²) in [5, 5.41) is 7.83. The molecule has 0 unspecified atom stereocenters. The molecule has 0 spiro atoms. The quantitative estimate of drug-likeness (QED) is 0.228. The van der Waals surface area contributed by atoms with Gasteiger partial charge in [0.1, 0.15) is 0 Å². The zero-order chi connectivity index (χ0) is 18.2. The topological polar surface area (TPSA) is 0 Å². The van der Waals surface area contributed by atoms with Gasteiger partial charge in [-0.25, -0.2) is 0 Å². The predicted molar refractivity (Wildman–Crippen MR) is 119 cm³/mol. The van der Waals surface area contributed by atoms with Gasteiger partial charge in [0.15, 0.2) is 0 Å². The third kappa shape index (κ3) is 2.80. The second-order valence-corrected chi connectivity index (χ2v) is 7.14. The lowest BCUT2D eigenvalue weighted by molar-refractivity contribution is 1.46. The van der Waals surface area contributed by atoms with Crippen molar-refractivity contribution < 1.29 is 0 Å². The Bertz CT molecular complexity index is 1310. The van der Waals surface area contributed by atoms with Crippen molar-refractivity contribution in [3.8, 4) is 0 Å². The summed E-state index contributed by atoms with van der Waals surface area (Å²) in [6, 6.07) is 32.8. The highest BCUT2D eigenvalue weighted by Crippen LogP contribution is 2.34. The van der Waals surface area contributed by atoms with Crippen LogP contribution in [-0.4, -0.2) is 0 Å². The molecular weight excluding hydrogens is 324 g/mol. The highest BCUT2D eigenvalue weighted by Gasteiger charge is 2.07. The van der Waals surface area contributed by atoms with Crippen LogP contribution in [0.2, 0.25) is 0 Å². The molecule has 0 heterocycles. The summed E-state index contributed by atoms with van der Waals surface area (Å²) in [6.07, 6.45) is 4.45. The molecule has 0 N–H and O–H groups in total. The Morgan fingerprint density at radius 1 is 0.519 bits per heavy atom. The number of aryl methyl sites for hydroxylation is 1. The lowest BCUT2D eigenvalue weighted by Gasteiger charge is -2.10. The van der Waals surface area contributed by atoms with E-state index in [0.717, 1.165) is 0 Å². The maximum atomic E-state index is 2.34. The standard InChI is InChI=1S/C27H20/c1-19-10-12-20(13-11-19)14-15-22-18-27-23-7-3-2-6-21(23)16-17-26(27)25-9-5-4-8-24(22)25/h2-18H,1H3/b15-14-. The van der Waals surface area contributed by atoms with Crippen molar-refractivity contribution >= 4 is 44.5 Å². The molecular formula is C27H20. The van der Waals surface area contributed by atoms with Gasteiger partial charge in [-0.15, -0.1) is 0 Å². The molecule has 0 aliphatic carbocycles. The highest BCUT2D eigenvalue weighted by atomic mass is 14.1. The Hall–Kier alpha value is -3.38. The minimum atomic E-state index is 1.22.